The molecule has 0 aliphatic carbocycles. The third-order valence-corrected chi connectivity index (χ3v) is 8.83. The zero-order valence-electron chi connectivity index (χ0n) is 23.9. The lowest BCUT2D eigenvalue weighted by molar-refractivity contribution is -0.138. The van der Waals surface area contributed by atoms with Gasteiger partial charge in [-0.2, -0.15) is 0 Å². The van der Waals surface area contributed by atoms with E-state index in [0.29, 0.717) is 42.0 Å². The van der Waals surface area contributed by atoms with Gasteiger partial charge in [-0.05, 0) is 66.1 Å². The minimum absolute atomic E-state index is 0.133. The smallest absolute Gasteiger partial charge is 0.338 e. The molecular weight excluding hydrogens is 634 g/mol. The van der Waals surface area contributed by atoms with Crippen molar-refractivity contribution in [2.75, 3.05) is 6.61 Å². The molecule has 226 valence electrons. The van der Waals surface area contributed by atoms with E-state index < -0.39 is 17.8 Å². The van der Waals surface area contributed by atoms with E-state index in [1.165, 1.54) is 28.0 Å². The summed E-state index contributed by atoms with van der Waals surface area (Å²) < 4.78 is 27.3. The molecule has 0 fully saturated rings. The van der Waals surface area contributed by atoms with Crippen molar-refractivity contribution in [3.63, 3.8) is 0 Å². The van der Waals surface area contributed by atoms with Gasteiger partial charge in [-0.3, -0.25) is 9.36 Å². The summed E-state index contributed by atoms with van der Waals surface area (Å²) in [6, 6.07) is 26.8. The Kier molecular flexibility index (Phi) is 8.98. The van der Waals surface area contributed by atoms with E-state index in [1.807, 2.05) is 60.7 Å². The molecule has 6 rings (SSSR count). The molecule has 0 saturated carbocycles. The van der Waals surface area contributed by atoms with Crippen LogP contribution in [0.1, 0.15) is 35.2 Å². The van der Waals surface area contributed by atoms with E-state index in [1.54, 1.807) is 37.3 Å². The van der Waals surface area contributed by atoms with Gasteiger partial charge < -0.3 is 9.47 Å². The highest BCUT2D eigenvalue weighted by atomic mass is 35.5. The molecule has 10 heteroatoms. The van der Waals surface area contributed by atoms with Crippen LogP contribution in [0.3, 0.4) is 0 Å². The van der Waals surface area contributed by atoms with Crippen LogP contribution < -0.4 is 19.6 Å². The SMILES string of the molecule is CCOC(=O)C1=C(c2ccccc2)N=c2s/c(=C/c3cccc(OCc4ccc(Cl)c(Cl)c4)c3)c(=O)n2[C@H]1c1ccc(F)cc1. The highest BCUT2D eigenvalue weighted by Crippen LogP contribution is 2.35. The Bertz CT molecular complexity index is 2110. The predicted molar refractivity (Wildman–Crippen MR) is 175 cm³/mol. The van der Waals surface area contributed by atoms with E-state index in [2.05, 4.69) is 0 Å². The summed E-state index contributed by atoms with van der Waals surface area (Å²) in [5, 5.41) is 0.915. The number of halogens is 3. The second-order valence-electron chi connectivity index (χ2n) is 10.1. The molecule has 4 aromatic carbocycles. The molecular formula is C35H25Cl2FN2O4S. The molecule has 6 nitrogen and oxygen atoms in total. The first-order chi connectivity index (χ1) is 21.8. The molecule has 0 N–H and O–H groups in total. The molecule has 0 saturated heterocycles. The number of benzene rings is 4. The van der Waals surface area contributed by atoms with Crippen molar-refractivity contribution in [3.05, 3.63) is 160 Å². The van der Waals surface area contributed by atoms with Gasteiger partial charge in [0.25, 0.3) is 5.56 Å². The van der Waals surface area contributed by atoms with Crippen LogP contribution in [0.15, 0.2) is 112 Å². The lowest BCUT2D eigenvalue weighted by atomic mass is 9.93. The second kappa shape index (κ2) is 13.2. The molecule has 0 amide bonds. The fourth-order valence-corrected chi connectivity index (χ4v) is 6.36. The van der Waals surface area contributed by atoms with E-state index in [-0.39, 0.29) is 24.3 Å². The van der Waals surface area contributed by atoms with Crippen LogP contribution in [-0.2, 0) is 16.1 Å². The molecule has 0 bridgehead atoms. The molecule has 0 unspecified atom stereocenters. The van der Waals surface area contributed by atoms with Crippen molar-refractivity contribution < 1.29 is 18.7 Å². The van der Waals surface area contributed by atoms with Gasteiger partial charge >= 0.3 is 5.97 Å². The first kappa shape index (κ1) is 30.5. The molecule has 1 aromatic heterocycles. The number of thiazole rings is 1. The van der Waals surface area contributed by atoms with Crippen molar-refractivity contribution in [3.8, 4) is 5.75 Å². The number of aromatic nitrogens is 1. The normalized spacial score (nSPS) is 14.6. The first-order valence-electron chi connectivity index (χ1n) is 14.0. The van der Waals surface area contributed by atoms with E-state index in [0.717, 1.165) is 11.1 Å². The standard InChI is InChI=1S/C35H25Cl2FN2O4S/c1-2-43-34(42)30-31(23-8-4-3-5-9-23)39-35-40(32(30)24-12-14-25(38)15-13-24)33(41)29(45-35)19-21-7-6-10-26(17-21)44-20-22-11-16-27(36)28(37)18-22/h3-19,32H,2,20H2,1H3/b29-19+/t32-/m0/s1. The Balaban J connectivity index is 1.46. The molecule has 1 atom stereocenters. The monoisotopic (exact) mass is 658 g/mol. The Morgan fingerprint density at radius 2 is 1.76 bits per heavy atom. The van der Waals surface area contributed by atoms with Crippen molar-refractivity contribution in [1.29, 1.82) is 0 Å². The Morgan fingerprint density at radius 1 is 0.978 bits per heavy atom. The van der Waals surface area contributed by atoms with Crippen LogP contribution in [0.2, 0.25) is 10.0 Å². The van der Waals surface area contributed by atoms with Crippen LogP contribution in [0, 0.1) is 5.82 Å². The number of ether oxygens (including phenoxy) is 2. The minimum atomic E-state index is -0.890. The zero-order valence-corrected chi connectivity index (χ0v) is 26.2. The van der Waals surface area contributed by atoms with Gasteiger partial charge in [0.2, 0.25) is 0 Å². The van der Waals surface area contributed by atoms with Crippen LogP contribution in [-0.4, -0.2) is 17.1 Å². The van der Waals surface area contributed by atoms with Gasteiger partial charge in [-0.15, -0.1) is 0 Å². The largest absolute Gasteiger partial charge is 0.489 e. The molecule has 45 heavy (non-hydrogen) atoms. The summed E-state index contributed by atoms with van der Waals surface area (Å²) >= 11 is 13.4. The van der Waals surface area contributed by atoms with Gasteiger partial charge in [-0.1, -0.05) is 95.2 Å². The van der Waals surface area contributed by atoms with E-state index in [4.69, 9.17) is 37.7 Å². The number of carbonyl (C=O) groups is 1. The maximum absolute atomic E-state index is 14.1. The van der Waals surface area contributed by atoms with Crippen molar-refractivity contribution >= 4 is 52.3 Å². The average Bonchev–Trinajstić information content (AvgIpc) is 3.36. The van der Waals surface area contributed by atoms with Gasteiger partial charge in [0.15, 0.2) is 4.80 Å². The van der Waals surface area contributed by atoms with Crippen LogP contribution >= 0.6 is 34.5 Å². The maximum atomic E-state index is 14.1. The third kappa shape index (κ3) is 6.49. The molecule has 0 radical (unpaired) electrons. The van der Waals surface area contributed by atoms with Crippen LogP contribution in [0.25, 0.3) is 11.8 Å². The van der Waals surface area contributed by atoms with Crippen molar-refractivity contribution in [2.45, 2.75) is 19.6 Å². The van der Waals surface area contributed by atoms with Gasteiger partial charge in [0.1, 0.15) is 18.2 Å². The Labute approximate surface area is 271 Å². The summed E-state index contributed by atoms with van der Waals surface area (Å²) in [4.78, 5) is 32.8. The van der Waals surface area contributed by atoms with E-state index in [9.17, 15) is 14.0 Å². The number of esters is 1. The lowest BCUT2D eigenvalue weighted by Gasteiger charge is -2.25. The lowest BCUT2D eigenvalue weighted by Crippen LogP contribution is -2.40. The second-order valence-corrected chi connectivity index (χ2v) is 11.9. The summed E-state index contributed by atoms with van der Waals surface area (Å²) in [6.07, 6.45) is 1.76. The van der Waals surface area contributed by atoms with Gasteiger partial charge in [0.05, 0.1) is 38.5 Å². The third-order valence-electron chi connectivity index (χ3n) is 7.10. The number of hydrogen-bond acceptors (Lipinski definition) is 6. The number of nitrogens with zero attached hydrogens (tertiary/aromatic N) is 2. The van der Waals surface area contributed by atoms with Gasteiger partial charge in [0, 0.05) is 5.56 Å². The average molecular weight is 660 g/mol. The summed E-state index contributed by atoms with van der Waals surface area (Å²) in [5.41, 5.74) is 3.09. The number of fused-ring (bicyclic) bond motifs is 1. The first-order valence-corrected chi connectivity index (χ1v) is 15.6. The highest BCUT2D eigenvalue weighted by Gasteiger charge is 2.35. The molecule has 1 aliphatic rings. The summed E-state index contributed by atoms with van der Waals surface area (Å²) in [5.74, 6) is -0.435. The fraction of sp³-hybridized carbons (Fsp3) is 0.114. The number of rotatable bonds is 8. The van der Waals surface area contributed by atoms with Crippen molar-refractivity contribution in [2.24, 2.45) is 4.99 Å². The summed E-state index contributed by atoms with van der Waals surface area (Å²) in [6.45, 7) is 2.12. The van der Waals surface area contributed by atoms with Gasteiger partial charge in [-0.25, -0.2) is 14.2 Å². The van der Waals surface area contributed by atoms with Crippen molar-refractivity contribution in [1.82, 2.24) is 4.57 Å². The molecule has 2 heterocycles. The van der Waals surface area contributed by atoms with E-state index >= 15 is 0 Å². The molecule has 0 spiro atoms. The maximum Gasteiger partial charge on any atom is 0.338 e. The number of carbonyl (C=O) groups excluding carboxylic acids is 1. The van der Waals surface area contributed by atoms with Crippen LogP contribution in [0.5, 0.6) is 5.75 Å². The Hall–Kier alpha value is -4.50. The Morgan fingerprint density at radius 3 is 2.49 bits per heavy atom. The number of hydrogen-bond donors (Lipinski definition) is 0. The summed E-state index contributed by atoms with van der Waals surface area (Å²) in [7, 11) is 0. The molecule has 5 aromatic rings. The quantitative estimate of drug-likeness (QED) is 0.169. The van der Waals surface area contributed by atoms with Crippen LogP contribution in [0.4, 0.5) is 4.39 Å². The predicted octanol–water partition coefficient (Wildman–Crippen LogP) is 6.96. The topological polar surface area (TPSA) is 69.9 Å². The highest BCUT2D eigenvalue weighted by molar-refractivity contribution is 7.07. The fourth-order valence-electron chi connectivity index (χ4n) is 5.04. The zero-order chi connectivity index (χ0) is 31.5. The minimum Gasteiger partial charge on any atom is -0.489 e. The molecule has 1 aliphatic heterocycles.